The number of ether oxygens (including phenoxy) is 1. The molecule has 0 fully saturated rings. The van der Waals surface area contributed by atoms with Gasteiger partial charge in [0, 0.05) is 12.8 Å². The molecule has 0 saturated heterocycles. The van der Waals surface area contributed by atoms with E-state index in [1.807, 2.05) is 39.4 Å². The van der Waals surface area contributed by atoms with Crippen LogP contribution in [0.3, 0.4) is 0 Å². The number of phosphoric ester groups is 1. The molecule has 0 aliphatic rings. The summed E-state index contributed by atoms with van der Waals surface area (Å²) in [6.45, 7) is 6.55. The summed E-state index contributed by atoms with van der Waals surface area (Å²) < 4.78 is 30.2. The number of allylic oxidation sites excluding steroid dienone is 17. The molecule has 3 unspecified atom stereocenters. The molecular weight excluding hydrogens is 916 g/mol. The number of amides is 1. The number of rotatable bonds is 50. The van der Waals surface area contributed by atoms with E-state index in [1.165, 1.54) is 77.0 Å². The third kappa shape index (κ3) is 51.6. The Kier molecular flexibility index (Phi) is 48.8. The van der Waals surface area contributed by atoms with Crippen LogP contribution in [0.15, 0.2) is 109 Å². The van der Waals surface area contributed by atoms with Crippen LogP contribution in [0, 0.1) is 0 Å². The molecule has 0 aromatic carbocycles. The smallest absolute Gasteiger partial charge is 0.306 e. The fourth-order valence-electron chi connectivity index (χ4n) is 7.58. The molecule has 0 aromatic rings. The molecule has 0 radical (unpaired) electrons. The van der Waals surface area contributed by atoms with Gasteiger partial charge in [-0.2, -0.15) is 0 Å². The van der Waals surface area contributed by atoms with E-state index in [9.17, 15) is 19.0 Å². The summed E-state index contributed by atoms with van der Waals surface area (Å²) in [6.07, 6.45) is 69.2. The Morgan fingerprint density at radius 2 is 0.903 bits per heavy atom. The van der Waals surface area contributed by atoms with Gasteiger partial charge >= 0.3 is 5.97 Å². The lowest BCUT2D eigenvalue weighted by Crippen LogP contribution is -2.47. The zero-order chi connectivity index (χ0) is 52.9. The van der Waals surface area contributed by atoms with Crippen molar-refractivity contribution in [2.24, 2.45) is 0 Å². The van der Waals surface area contributed by atoms with Crippen LogP contribution in [0.2, 0.25) is 0 Å². The average molecular weight is 1020 g/mol. The minimum absolute atomic E-state index is 0.0405. The van der Waals surface area contributed by atoms with E-state index >= 15 is 0 Å². The normalized spacial score (nSPS) is 14.6. The van der Waals surface area contributed by atoms with E-state index in [1.54, 1.807) is 6.08 Å². The molecule has 10 heteroatoms. The minimum atomic E-state index is -4.72. The second-order valence-electron chi connectivity index (χ2n) is 20.0. The van der Waals surface area contributed by atoms with Crippen molar-refractivity contribution in [3.63, 3.8) is 0 Å². The molecule has 0 aromatic heterocycles. The lowest BCUT2D eigenvalue weighted by Gasteiger charge is -2.30. The first-order chi connectivity index (χ1) is 34.9. The van der Waals surface area contributed by atoms with Crippen molar-refractivity contribution in [2.75, 3.05) is 40.9 Å². The number of esters is 1. The second-order valence-corrected chi connectivity index (χ2v) is 21.4. The predicted molar refractivity (Wildman–Crippen MR) is 307 cm³/mol. The van der Waals surface area contributed by atoms with E-state index < -0.39 is 32.5 Å². The number of quaternary nitrogens is 1. The highest BCUT2D eigenvalue weighted by Gasteiger charge is 2.27. The van der Waals surface area contributed by atoms with Crippen LogP contribution in [-0.2, 0) is 27.9 Å². The lowest BCUT2D eigenvalue weighted by atomic mass is 10.0. The van der Waals surface area contributed by atoms with Crippen LogP contribution in [-0.4, -0.2) is 69.4 Å². The van der Waals surface area contributed by atoms with E-state index in [0.717, 1.165) is 96.3 Å². The Balaban J connectivity index is 5.50. The van der Waals surface area contributed by atoms with Gasteiger partial charge in [-0.05, 0) is 96.0 Å². The summed E-state index contributed by atoms with van der Waals surface area (Å²) in [4.78, 5) is 39.8. The summed E-state index contributed by atoms with van der Waals surface area (Å²) in [5.41, 5.74) is 0. The Morgan fingerprint density at radius 3 is 1.36 bits per heavy atom. The number of carbonyl (C=O) groups excluding carboxylic acids is 2. The number of hydrogen-bond donors (Lipinski definition) is 1. The van der Waals surface area contributed by atoms with Crippen LogP contribution in [0.1, 0.15) is 220 Å². The van der Waals surface area contributed by atoms with Crippen molar-refractivity contribution < 1.29 is 37.3 Å². The summed E-state index contributed by atoms with van der Waals surface area (Å²) in [5, 5.41) is 2.99. The SMILES string of the molecule is CC/C=C\C/C=C\C/C=C\C/C=C\C/C=C\C/C=C\CCC(=O)OC(/C=C/CCCCCCCCCCCCC)C(COP(=O)([O-])OCC[N+](C)(C)C)NC(=O)CCCCCCCCC/C=C/C/C=C/CC. The fourth-order valence-corrected chi connectivity index (χ4v) is 8.31. The quantitative estimate of drug-likeness (QED) is 0.0212. The molecule has 412 valence electrons. The lowest BCUT2D eigenvalue weighted by molar-refractivity contribution is -0.870. The van der Waals surface area contributed by atoms with Gasteiger partial charge in [0.25, 0.3) is 7.82 Å². The van der Waals surface area contributed by atoms with Gasteiger partial charge in [0.1, 0.15) is 19.3 Å². The van der Waals surface area contributed by atoms with E-state index in [2.05, 4.69) is 111 Å². The maximum absolute atomic E-state index is 13.5. The van der Waals surface area contributed by atoms with Gasteiger partial charge in [-0.1, -0.05) is 220 Å². The molecule has 0 saturated carbocycles. The maximum atomic E-state index is 13.5. The van der Waals surface area contributed by atoms with E-state index in [4.69, 9.17) is 13.8 Å². The summed E-state index contributed by atoms with van der Waals surface area (Å²) in [7, 11) is 1.12. The highest BCUT2D eigenvalue weighted by atomic mass is 31.2. The molecule has 0 aliphatic heterocycles. The molecule has 0 spiro atoms. The number of unbranched alkanes of at least 4 members (excludes halogenated alkanes) is 18. The van der Waals surface area contributed by atoms with Crippen molar-refractivity contribution in [1.82, 2.24) is 5.32 Å². The summed E-state index contributed by atoms with van der Waals surface area (Å²) in [5.74, 6) is -0.656. The average Bonchev–Trinajstić information content (AvgIpc) is 3.34. The zero-order valence-corrected chi connectivity index (χ0v) is 47.7. The molecule has 0 rings (SSSR count). The van der Waals surface area contributed by atoms with Gasteiger partial charge < -0.3 is 28.5 Å². The number of hydrogen-bond acceptors (Lipinski definition) is 7. The van der Waals surface area contributed by atoms with Gasteiger partial charge in [0.15, 0.2) is 0 Å². The Labute approximate surface area is 442 Å². The third-order valence-electron chi connectivity index (χ3n) is 12.0. The molecule has 0 bridgehead atoms. The number of carbonyl (C=O) groups is 2. The molecule has 72 heavy (non-hydrogen) atoms. The molecular formula is C62H107N2O7P. The van der Waals surface area contributed by atoms with Crippen LogP contribution in [0.25, 0.3) is 0 Å². The molecule has 0 aliphatic carbocycles. The van der Waals surface area contributed by atoms with Crippen LogP contribution in [0.4, 0.5) is 0 Å². The predicted octanol–water partition coefficient (Wildman–Crippen LogP) is 16.7. The molecule has 9 nitrogen and oxygen atoms in total. The largest absolute Gasteiger partial charge is 0.756 e. The fraction of sp³-hybridized carbons (Fsp3) is 0.677. The van der Waals surface area contributed by atoms with Crippen LogP contribution >= 0.6 is 7.82 Å². The number of likely N-dealkylation sites (N-methyl/N-ethyl adjacent to an activating group) is 1. The van der Waals surface area contributed by atoms with Crippen molar-refractivity contribution in [1.29, 1.82) is 0 Å². The zero-order valence-electron chi connectivity index (χ0n) is 46.8. The highest BCUT2D eigenvalue weighted by Crippen LogP contribution is 2.38. The first-order valence-electron chi connectivity index (χ1n) is 28.7. The van der Waals surface area contributed by atoms with Gasteiger partial charge in [0.05, 0.1) is 33.8 Å². The standard InChI is InChI=1S/C62H107N2O7P/c1-7-10-13-16-19-22-25-28-30-31-32-33-34-37-40-43-46-49-52-55-62(66)71-60(53-50-47-44-41-38-35-27-24-21-18-15-12-9-3)59(58-70-72(67,68)69-57-56-64(4,5)6)63-61(65)54-51-48-45-42-39-36-29-26-23-20-17-14-11-8-2/h10-11,13-14,19-20,22-23,28,30,32-33,37,40,46,49-50,53,59-60H,7-9,12,15-18,21,24-27,29,31,34-36,38-39,41-45,47-48,51-52,54-58H2,1-6H3,(H-,63,65,67,68)/b13-10-,14-11+,22-19-,23-20+,30-28-,33-32-,40-37-,49-46-,53-50+. The number of nitrogens with one attached hydrogen (secondary N) is 1. The van der Waals surface area contributed by atoms with Crippen LogP contribution in [0.5, 0.6) is 0 Å². The van der Waals surface area contributed by atoms with Gasteiger partial charge in [-0.15, -0.1) is 0 Å². The first kappa shape index (κ1) is 68.7. The Bertz CT molecular complexity index is 1600. The van der Waals surface area contributed by atoms with Crippen molar-refractivity contribution >= 4 is 19.7 Å². The summed E-state index contributed by atoms with van der Waals surface area (Å²) in [6, 6.07) is -0.929. The van der Waals surface area contributed by atoms with Gasteiger partial charge in [0.2, 0.25) is 5.91 Å². The highest BCUT2D eigenvalue weighted by molar-refractivity contribution is 7.45. The topological polar surface area (TPSA) is 114 Å². The van der Waals surface area contributed by atoms with Crippen molar-refractivity contribution in [3.05, 3.63) is 109 Å². The first-order valence-corrected chi connectivity index (χ1v) is 30.2. The van der Waals surface area contributed by atoms with Gasteiger partial charge in [-0.25, -0.2) is 0 Å². The molecule has 1 N–H and O–H groups in total. The van der Waals surface area contributed by atoms with Crippen LogP contribution < -0.4 is 10.2 Å². The summed E-state index contributed by atoms with van der Waals surface area (Å²) >= 11 is 0. The van der Waals surface area contributed by atoms with E-state index in [0.29, 0.717) is 23.9 Å². The molecule has 3 atom stereocenters. The molecule has 1 amide bonds. The van der Waals surface area contributed by atoms with Crippen molar-refractivity contribution in [2.45, 2.75) is 232 Å². The third-order valence-corrected chi connectivity index (χ3v) is 12.9. The Morgan fingerprint density at radius 1 is 0.500 bits per heavy atom. The second kappa shape index (κ2) is 51.2. The molecule has 0 heterocycles. The minimum Gasteiger partial charge on any atom is -0.756 e. The monoisotopic (exact) mass is 1020 g/mol. The number of phosphoric acid groups is 1. The van der Waals surface area contributed by atoms with Gasteiger partial charge in [-0.3, -0.25) is 14.2 Å². The Hall–Kier alpha value is -3.33. The maximum Gasteiger partial charge on any atom is 0.306 e. The number of nitrogens with zero attached hydrogens (tertiary/aromatic N) is 1. The van der Waals surface area contributed by atoms with Crippen molar-refractivity contribution in [3.8, 4) is 0 Å². The van der Waals surface area contributed by atoms with E-state index in [-0.39, 0.29) is 25.4 Å².